The van der Waals surface area contributed by atoms with Gasteiger partial charge in [0.1, 0.15) is 10.3 Å². The van der Waals surface area contributed by atoms with Crippen molar-refractivity contribution >= 4 is 116 Å². The first-order chi connectivity index (χ1) is 65.8. The van der Waals surface area contributed by atoms with E-state index in [-0.39, 0.29) is 72.8 Å². The number of halogens is 2. The summed E-state index contributed by atoms with van der Waals surface area (Å²) in [5.74, 6) is 0. The molecule has 0 radical (unpaired) electrons. The van der Waals surface area contributed by atoms with Crippen LogP contribution in [-0.2, 0) is 56.4 Å². The highest BCUT2D eigenvalue weighted by Gasteiger charge is 2.33. The maximum absolute atomic E-state index is 13.7. The van der Waals surface area contributed by atoms with Crippen LogP contribution < -0.4 is 27.1 Å². The minimum absolute atomic E-state index is 0.113. The van der Waals surface area contributed by atoms with E-state index in [0.29, 0.717) is 125 Å². The van der Waals surface area contributed by atoms with E-state index < -0.39 is 24.4 Å². The zero-order chi connectivity index (χ0) is 92.9. The van der Waals surface area contributed by atoms with Crippen LogP contribution >= 0.6 is 23.2 Å². The summed E-state index contributed by atoms with van der Waals surface area (Å²) in [6, 6.07) is 59.1. The molecule has 0 amide bonds. The summed E-state index contributed by atoms with van der Waals surface area (Å²) in [6.07, 6.45) is 15.6. The van der Waals surface area contributed by atoms with Gasteiger partial charge in [0, 0.05) is 148 Å². The summed E-state index contributed by atoms with van der Waals surface area (Å²) in [7, 11) is 3.64. The molecule has 0 aliphatic carbocycles. The highest BCUT2D eigenvalue weighted by atomic mass is 35.5. The highest BCUT2D eigenvalue weighted by molar-refractivity contribution is 6.32. The van der Waals surface area contributed by atoms with E-state index in [1.165, 1.54) is 15.8 Å². The van der Waals surface area contributed by atoms with Gasteiger partial charge in [-0.1, -0.05) is 138 Å². The fraction of sp³-hybridized carbons (Fsp3) is 0.314. The molecule has 5 saturated heterocycles. The lowest BCUT2D eigenvalue weighted by atomic mass is 9.95. The Morgan fingerprint density at radius 3 is 1.15 bits per heavy atom. The van der Waals surface area contributed by atoms with Crippen LogP contribution in [0.5, 0.6) is 0 Å². The quantitative estimate of drug-likeness (QED) is 0.0486. The Kier molecular flexibility index (Phi) is 27.6. The van der Waals surface area contributed by atoms with Gasteiger partial charge in [-0.2, -0.15) is 5.10 Å². The number of nitrogens with zero attached hydrogens (tertiary/aromatic N) is 15. The van der Waals surface area contributed by atoms with E-state index >= 15 is 0 Å². The monoisotopic (exact) mass is 1850 g/mol. The van der Waals surface area contributed by atoms with Crippen LogP contribution in [0.4, 0.5) is 5.69 Å². The van der Waals surface area contributed by atoms with Gasteiger partial charge in [0.05, 0.1) is 157 Å². The van der Waals surface area contributed by atoms with Crippen molar-refractivity contribution < 1.29 is 44.1 Å². The van der Waals surface area contributed by atoms with Crippen molar-refractivity contribution in [3.63, 3.8) is 0 Å². The number of hydrogen-bond acceptors (Lipinski definition) is 23. The molecule has 4 N–H and O–H groups in total. The Bertz CT molecular complexity index is 7480. The fourth-order valence-corrected chi connectivity index (χ4v) is 20.1. The summed E-state index contributed by atoms with van der Waals surface area (Å²) < 4.78 is 34.6. The van der Waals surface area contributed by atoms with Gasteiger partial charge in [-0.3, -0.25) is 57.0 Å². The third-order valence-electron chi connectivity index (χ3n) is 26.6. The van der Waals surface area contributed by atoms with Crippen molar-refractivity contribution in [2.24, 2.45) is 7.05 Å². The maximum atomic E-state index is 13.7. The molecule has 9 aromatic carbocycles. The van der Waals surface area contributed by atoms with Crippen molar-refractivity contribution in [2.45, 2.75) is 107 Å². The van der Waals surface area contributed by atoms with Crippen molar-refractivity contribution in [1.29, 1.82) is 0 Å². The van der Waals surface area contributed by atoms with Crippen LogP contribution in [0.3, 0.4) is 0 Å². The molecule has 0 spiro atoms. The lowest BCUT2D eigenvalue weighted by Crippen LogP contribution is -2.47. The smallest absolute Gasteiger partial charge is 0.261 e. The van der Waals surface area contributed by atoms with E-state index in [4.69, 9.17) is 51.9 Å². The maximum Gasteiger partial charge on any atom is 0.261 e. The van der Waals surface area contributed by atoms with Gasteiger partial charge in [-0.15, -0.1) is 0 Å². The van der Waals surface area contributed by atoms with E-state index in [0.717, 1.165) is 145 Å². The van der Waals surface area contributed by atoms with Gasteiger partial charge in [-0.05, 0) is 179 Å². The molecule has 690 valence electrons. The van der Waals surface area contributed by atoms with Crippen molar-refractivity contribution in [1.82, 2.24) is 67.8 Å². The first kappa shape index (κ1) is 91.3. The zero-order valence-electron chi connectivity index (χ0n) is 75.0. The number of aromatic nitrogens is 13. The molecule has 0 saturated carbocycles. The van der Waals surface area contributed by atoms with E-state index in [2.05, 4.69) is 93.3 Å². The van der Waals surface area contributed by atoms with E-state index in [1.807, 2.05) is 160 Å². The molecule has 0 bridgehead atoms. The Morgan fingerprint density at radius 2 is 0.785 bits per heavy atom. The second-order valence-corrected chi connectivity index (χ2v) is 36.1. The number of aliphatic hydroxyl groups is 4. The molecule has 0 unspecified atom stereocenters. The molecular formula is C105H103Cl2N15O13. The molecule has 28 nitrogen and oxygen atoms in total. The Hall–Kier alpha value is -12.8. The largest absolute Gasteiger partial charge is 0.389 e. The second kappa shape index (κ2) is 40.8. The summed E-state index contributed by atoms with van der Waals surface area (Å²) >= 11 is 12.2. The normalized spacial score (nSPS) is 19.4. The number of aryl methyl sites for hydroxylation is 2. The van der Waals surface area contributed by atoms with Crippen molar-refractivity contribution in [3.8, 4) is 11.1 Å². The average molecular weight is 1850 g/mol. The van der Waals surface area contributed by atoms with Crippen LogP contribution in [0.25, 0.3) is 97.8 Å². The first-order valence-corrected chi connectivity index (χ1v) is 46.5. The zero-order valence-corrected chi connectivity index (χ0v) is 76.6. The molecule has 8 aromatic heterocycles. The standard InChI is InChI=1S/C31H36N4O4.C27H25N5O3.C24H23N3O3.C23H19Cl2N3O3/c1-38-17-15-33-11-13-34(14-12-33)24-8-6-22(7-9-24)18-23-19-27-30(26-5-3-2-4-25(23)26)32-21-35(31(27)37)28-10-16-39-20-29(28)36;1-31-14-19(13-30-31)17-6-7-20(28-12-17)10-18-11-23-26(22-5-3-2-4-21(18)22)29-16-32(27(23)34)24-8-9-35-15-25(24)33;1-15-10-16(6-8-25-15)11-17-12-20-23(19-5-3-2-4-18(17)19)26-14-27(24(20)29)21-7-9-30-13-22(21)28;24-20-8-13(9-21(25)27-20)7-14-10-17-22(16-4-2-1-3-15(14)16)26-12-28(23(17)30)18-5-6-31-11-19(18)29/h2-9,19,21,28-29,36H,10-18,20H2,1H3;2-7,11-14,16,24-25,33H,8-10,15H2,1H3;2-6,8,10,12,14,21-22,28H,7,9,11,13H2,1H3;1-4,8-10,12,18-19,29H,5-7,11H2/t28-,29-;24-,25-;21-,22-;18-,19-/m0000/s1. The number of anilines is 1. The van der Waals surface area contributed by atoms with Crippen molar-refractivity contribution in [3.05, 3.63) is 334 Å². The van der Waals surface area contributed by atoms with Gasteiger partial charge in [-0.25, -0.2) is 24.9 Å². The third kappa shape index (κ3) is 19.6. The van der Waals surface area contributed by atoms with Gasteiger partial charge < -0.3 is 49.0 Å². The van der Waals surface area contributed by atoms with E-state index in [1.54, 1.807) is 62.9 Å². The number of methoxy groups -OCH3 is 1. The Balaban J connectivity index is 0.000000116. The minimum atomic E-state index is -0.744. The van der Waals surface area contributed by atoms with Crippen LogP contribution in [0.2, 0.25) is 10.3 Å². The van der Waals surface area contributed by atoms with Crippen LogP contribution in [0.15, 0.2) is 251 Å². The number of ether oxygens (including phenoxy) is 5. The van der Waals surface area contributed by atoms with Gasteiger partial charge in [0.2, 0.25) is 0 Å². The second-order valence-electron chi connectivity index (χ2n) is 35.3. The van der Waals surface area contributed by atoms with Crippen LogP contribution in [0.1, 0.15) is 100 Å². The number of aliphatic hydroxyl groups excluding tert-OH is 4. The summed E-state index contributed by atoms with van der Waals surface area (Å²) in [5.41, 5.74) is 14.7. The molecule has 8 atom stereocenters. The highest BCUT2D eigenvalue weighted by Crippen LogP contribution is 2.37. The number of hydrogen-bond donors (Lipinski definition) is 4. The van der Waals surface area contributed by atoms with Gasteiger partial charge in [0.15, 0.2) is 0 Å². The SMILES string of the molecule is COCCN1CCN(c2ccc(Cc3cc4c(=O)n([C@H]5CCOC[C@@H]5O)cnc4c4ccccc34)cc2)CC1.Cc1cc(Cc2cc3c(=O)n([C@H]4CCOC[C@@H]4O)cnc3c3ccccc23)ccn1.Cn1cc(-c2ccc(Cc3cc4c(=O)n([C@H]5CCOC[C@@H]5O)cnc4c4ccccc34)nc2)cn1.O=c1c2cc(Cc3cc(Cl)nc(Cl)c3)c3ccccc3c2ncn1[C@H]1CCOC[C@@H]1O. The number of pyridine rings is 3. The van der Waals surface area contributed by atoms with E-state index in [9.17, 15) is 39.6 Å². The molecule has 5 aliphatic heterocycles. The number of rotatable bonds is 17. The molecule has 30 heteroatoms. The predicted octanol–water partition coefficient (Wildman–Crippen LogP) is 13.8. The molecule has 13 heterocycles. The lowest BCUT2D eigenvalue weighted by molar-refractivity contribution is -0.0395. The van der Waals surface area contributed by atoms with Crippen LogP contribution in [0, 0.1) is 6.92 Å². The predicted molar refractivity (Wildman–Crippen MR) is 524 cm³/mol. The molecule has 22 rings (SSSR count). The molecular weight excluding hydrogens is 1750 g/mol. The molecule has 5 fully saturated rings. The summed E-state index contributed by atoms with van der Waals surface area (Å²) in [6.45, 7) is 10.8. The topological polar surface area (TPSA) is 330 Å². The Labute approximate surface area is 786 Å². The lowest BCUT2D eigenvalue weighted by Gasteiger charge is -2.36. The van der Waals surface area contributed by atoms with Crippen LogP contribution in [-0.4, -0.2) is 212 Å². The summed E-state index contributed by atoms with van der Waals surface area (Å²) in [4.78, 5) is 90.6. The van der Waals surface area contributed by atoms with Crippen molar-refractivity contribution in [2.75, 3.05) is 104 Å². The summed E-state index contributed by atoms with van der Waals surface area (Å²) in [5, 5.41) is 56.7. The first-order valence-electron chi connectivity index (χ1n) is 45.7. The number of fused-ring (bicyclic) bond motifs is 12. The molecule has 5 aliphatic rings. The van der Waals surface area contributed by atoms with Gasteiger partial charge >= 0.3 is 0 Å². The average Bonchev–Trinajstić information content (AvgIpc) is 0.910. The van der Waals surface area contributed by atoms with Gasteiger partial charge in [0.25, 0.3) is 22.2 Å². The minimum Gasteiger partial charge on any atom is -0.389 e. The Morgan fingerprint density at radius 1 is 0.400 bits per heavy atom. The number of piperazine rings is 1. The molecule has 135 heavy (non-hydrogen) atoms. The fourth-order valence-electron chi connectivity index (χ4n) is 19.6. The number of benzene rings is 9. The third-order valence-corrected chi connectivity index (χ3v) is 27.0. The molecule has 17 aromatic rings.